The highest BCUT2D eigenvalue weighted by Crippen LogP contribution is 2.16. The maximum atomic E-state index is 12.9. The lowest BCUT2D eigenvalue weighted by molar-refractivity contribution is -0.167. The van der Waals surface area contributed by atoms with Gasteiger partial charge in [-0.15, -0.1) is 0 Å². The minimum absolute atomic E-state index is 0.0937. The van der Waals surface area contributed by atoms with Gasteiger partial charge >= 0.3 is 17.9 Å². The Morgan fingerprint density at radius 3 is 0.768 bits per heavy atom. The minimum atomic E-state index is -0.802. The zero-order chi connectivity index (χ0) is 59.2. The Morgan fingerprint density at radius 2 is 0.476 bits per heavy atom. The van der Waals surface area contributed by atoms with E-state index in [-0.39, 0.29) is 37.5 Å². The fourth-order valence-corrected chi connectivity index (χ4v) is 9.77. The first-order valence-corrected chi connectivity index (χ1v) is 34.9. The monoisotopic (exact) mass is 1140 g/mol. The second-order valence-corrected chi connectivity index (χ2v) is 23.1. The Labute approximate surface area is 508 Å². The number of carbonyl (C=O) groups excluding carboxylic acids is 3. The molecule has 0 aliphatic rings. The van der Waals surface area contributed by atoms with Crippen molar-refractivity contribution >= 4 is 17.9 Å². The average Bonchev–Trinajstić information content (AvgIpc) is 3.47. The van der Waals surface area contributed by atoms with Gasteiger partial charge in [0, 0.05) is 19.3 Å². The minimum Gasteiger partial charge on any atom is -0.462 e. The molecular formula is C76H130O6. The first-order valence-electron chi connectivity index (χ1n) is 34.9. The molecule has 6 heteroatoms. The Balaban J connectivity index is 4.39. The normalized spacial score (nSPS) is 12.8. The number of rotatable bonds is 63. The van der Waals surface area contributed by atoms with Gasteiger partial charge in [0.05, 0.1) is 0 Å². The maximum Gasteiger partial charge on any atom is 0.306 e. The summed E-state index contributed by atoms with van der Waals surface area (Å²) in [6.45, 7) is 6.51. The number of carbonyl (C=O) groups is 3. The van der Waals surface area contributed by atoms with E-state index in [9.17, 15) is 14.4 Å². The van der Waals surface area contributed by atoms with Crippen molar-refractivity contribution in [1.29, 1.82) is 0 Å². The molecule has 6 nitrogen and oxygen atoms in total. The summed E-state index contributed by atoms with van der Waals surface area (Å²) < 4.78 is 17.0. The first kappa shape index (κ1) is 78.1. The molecule has 0 aliphatic heterocycles. The Hall–Kier alpha value is -3.93. The molecule has 0 aromatic heterocycles. The summed E-state index contributed by atoms with van der Waals surface area (Å²) in [6, 6.07) is 0. The fraction of sp³-hybridized carbons (Fsp3) is 0.724. The van der Waals surface area contributed by atoms with Crippen LogP contribution in [0.5, 0.6) is 0 Å². The molecule has 0 spiro atoms. The molecule has 0 rings (SSSR count). The maximum absolute atomic E-state index is 12.9. The molecule has 0 aromatic carbocycles. The van der Waals surface area contributed by atoms with Gasteiger partial charge in [0.15, 0.2) is 6.10 Å². The van der Waals surface area contributed by atoms with Crippen LogP contribution in [-0.2, 0) is 28.6 Å². The van der Waals surface area contributed by atoms with Gasteiger partial charge in [-0.2, -0.15) is 0 Å². The van der Waals surface area contributed by atoms with E-state index in [0.717, 1.165) is 109 Å². The van der Waals surface area contributed by atoms with E-state index in [1.807, 2.05) is 0 Å². The van der Waals surface area contributed by atoms with E-state index >= 15 is 0 Å². The lowest BCUT2D eigenvalue weighted by Gasteiger charge is -2.18. The highest BCUT2D eigenvalue weighted by molar-refractivity contribution is 5.71. The van der Waals surface area contributed by atoms with Gasteiger partial charge in [-0.25, -0.2) is 0 Å². The molecule has 0 amide bonds. The first-order chi connectivity index (χ1) is 40.5. The van der Waals surface area contributed by atoms with Gasteiger partial charge in [0.2, 0.25) is 0 Å². The Kier molecular flexibility index (Phi) is 66.2. The van der Waals surface area contributed by atoms with Gasteiger partial charge in [-0.05, 0) is 128 Å². The van der Waals surface area contributed by atoms with Crippen molar-refractivity contribution in [2.24, 2.45) is 0 Å². The highest BCUT2D eigenvalue weighted by atomic mass is 16.6. The summed E-state index contributed by atoms with van der Waals surface area (Å²) in [7, 11) is 0. The van der Waals surface area contributed by atoms with Crippen molar-refractivity contribution in [2.45, 2.75) is 341 Å². The molecule has 1 atom stereocenters. The van der Waals surface area contributed by atoms with Crippen molar-refractivity contribution in [2.75, 3.05) is 13.2 Å². The molecule has 0 aromatic rings. The molecular weight excluding hydrogens is 1010 g/mol. The molecule has 0 saturated heterocycles. The van der Waals surface area contributed by atoms with E-state index in [1.165, 1.54) is 186 Å². The topological polar surface area (TPSA) is 78.9 Å². The summed E-state index contributed by atoms with van der Waals surface area (Å²) in [4.78, 5) is 38.5. The van der Waals surface area contributed by atoms with E-state index in [1.54, 1.807) is 0 Å². The van der Waals surface area contributed by atoms with Crippen LogP contribution in [0.4, 0.5) is 0 Å². The van der Waals surface area contributed by atoms with Crippen LogP contribution >= 0.6 is 0 Å². The summed E-state index contributed by atoms with van der Waals surface area (Å²) >= 11 is 0. The van der Waals surface area contributed by atoms with Crippen molar-refractivity contribution in [1.82, 2.24) is 0 Å². The third kappa shape index (κ3) is 66.9. The van der Waals surface area contributed by atoms with Crippen LogP contribution in [0.1, 0.15) is 335 Å². The molecule has 0 aliphatic carbocycles. The number of hydrogen-bond donors (Lipinski definition) is 0. The molecule has 0 fully saturated rings. The number of hydrogen-bond acceptors (Lipinski definition) is 6. The Bertz CT molecular complexity index is 1640. The van der Waals surface area contributed by atoms with Crippen LogP contribution in [0, 0.1) is 0 Å². The highest BCUT2D eigenvalue weighted by Gasteiger charge is 2.19. The summed E-state index contributed by atoms with van der Waals surface area (Å²) in [6.07, 6.45) is 95.3. The van der Waals surface area contributed by atoms with E-state index in [4.69, 9.17) is 14.2 Å². The lowest BCUT2D eigenvalue weighted by atomic mass is 10.0. The van der Waals surface area contributed by atoms with Crippen molar-refractivity contribution in [3.63, 3.8) is 0 Å². The van der Waals surface area contributed by atoms with Gasteiger partial charge in [0.1, 0.15) is 13.2 Å². The summed E-state index contributed by atoms with van der Waals surface area (Å²) in [5.41, 5.74) is 0. The fourth-order valence-electron chi connectivity index (χ4n) is 9.77. The third-order valence-corrected chi connectivity index (χ3v) is 15.0. The molecule has 82 heavy (non-hydrogen) atoms. The smallest absolute Gasteiger partial charge is 0.306 e. The molecule has 0 bridgehead atoms. The molecule has 0 heterocycles. The second kappa shape index (κ2) is 69.6. The van der Waals surface area contributed by atoms with Gasteiger partial charge in [0.25, 0.3) is 0 Å². The van der Waals surface area contributed by atoms with Crippen LogP contribution in [-0.4, -0.2) is 37.2 Å². The zero-order valence-electron chi connectivity index (χ0n) is 54.0. The number of allylic oxidation sites excluding steroid dienone is 18. The summed E-state index contributed by atoms with van der Waals surface area (Å²) in [5.74, 6) is -0.920. The molecule has 0 radical (unpaired) electrons. The van der Waals surface area contributed by atoms with Crippen LogP contribution in [0.2, 0.25) is 0 Å². The van der Waals surface area contributed by atoms with Crippen LogP contribution in [0.25, 0.3) is 0 Å². The number of esters is 3. The summed E-state index contributed by atoms with van der Waals surface area (Å²) in [5, 5.41) is 0. The van der Waals surface area contributed by atoms with Crippen molar-refractivity contribution < 1.29 is 28.6 Å². The van der Waals surface area contributed by atoms with E-state index < -0.39 is 6.10 Å². The molecule has 470 valence electrons. The predicted octanol–water partition coefficient (Wildman–Crippen LogP) is 24.2. The van der Waals surface area contributed by atoms with Crippen molar-refractivity contribution in [3.8, 4) is 0 Å². The van der Waals surface area contributed by atoms with Gasteiger partial charge in [-0.1, -0.05) is 297 Å². The van der Waals surface area contributed by atoms with Crippen LogP contribution < -0.4 is 0 Å². The second-order valence-electron chi connectivity index (χ2n) is 23.1. The standard InChI is InChI=1S/C76H130O6/c1-4-7-10-13-16-19-22-25-28-31-34-35-36-37-38-39-40-41-43-45-48-51-54-57-60-63-66-69-75(78)81-72-73(71-80-74(77)68-65-62-59-56-53-50-47-44-33-30-27-24-21-18-15-12-9-6-3)82-76(79)70-67-64-61-58-55-52-49-46-42-32-29-26-23-20-17-14-11-8-5-2/h8,11,17,20,22,25-26,29-31,33-34,36-37,42,46,52,55,73H,4-7,9-10,12-16,18-19,21,23-24,27-28,32,35,38-41,43-45,47-51,53-54,56-72H2,1-3H3/b11-8-,20-17-,25-22-,29-26-,33-30-,34-31-,37-36-,46-42-,55-52-. The van der Waals surface area contributed by atoms with Gasteiger partial charge < -0.3 is 14.2 Å². The predicted molar refractivity (Wildman–Crippen MR) is 357 cm³/mol. The number of unbranched alkanes of at least 4 members (excludes halogenated alkanes) is 34. The quantitative estimate of drug-likeness (QED) is 0.0261. The van der Waals surface area contributed by atoms with Crippen LogP contribution in [0.15, 0.2) is 109 Å². The lowest BCUT2D eigenvalue weighted by Crippen LogP contribution is -2.30. The number of ether oxygens (including phenoxy) is 3. The molecule has 1 unspecified atom stereocenters. The van der Waals surface area contributed by atoms with Gasteiger partial charge in [-0.3, -0.25) is 14.4 Å². The SMILES string of the molecule is CC/C=C\C/C=C\C/C=C\C/C=C\C/C=C\CCCCCC(=O)OC(COC(=O)CCCCCCCCC/C=C\CCCCCCCCC)COC(=O)CCCCCCCCCCCCCC/C=C\C/C=C\C/C=C\CCCCCCC. The van der Waals surface area contributed by atoms with E-state index in [0.29, 0.717) is 12.8 Å². The zero-order valence-corrected chi connectivity index (χ0v) is 54.0. The van der Waals surface area contributed by atoms with E-state index in [2.05, 4.69) is 130 Å². The van der Waals surface area contributed by atoms with Crippen LogP contribution in [0.3, 0.4) is 0 Å². The average molecular weight is 1140 g/mol. The Morgan fingerprint density at radius 1 is 0.256 bits per heavy atom. The molecule has 0 saturated carbocycles. The van der Waals surface area contributed by atoms with Crippen molar-refractivity contribution in [3.05, 3.63) is 109 Å². The third-order valence-electron chi connectivity index (χ3n) is 15.0. The largest absolute Gasteiger partial charge is 0.462 e. The molecule has 0 N–H and O–H groups in total.